The molecular weight excluding hydrogens is 238 g/mol. The van der Waals surface area contributed by atoms with E-state index in [-0.39, 0.29) is 4.21 Å². The molecule has 1 rings (SSSR count). The van der Waals surface area contributed by atoms with E-state index in [0.29, 0.717) is 10.7 Å². The fourth-order valence-corrected chi connectivity index (χ4v) is 3.32. The number of rotatable bonds is 3. The highest BCUT2D eigenvalue weighted by Gasteiger charge is 2.20. The number of aryl methyl sites for hydroxylation is 2. The SMILES string of the molecule is CC(=O)NNS(=O)(=O)c1sc(C)nc1C. The number of sulfonamides is 1. The second-order valence-electron chi connectivity index (χ2n) is 2.89. The van der Waals surface area contributed by atoms with Crippen molar-refractivity contribution in [3.63, 3.8) is 0 Å². The summed E-state index contributed by atoms with van der Waals surface area (Å²) in [5.41, 5.74) is 2.45. The molecule has 0 atom stereocenters. The van der Waals surface area contributed by atoms with E-state index in [2.05, 4.69) is 4.98 Å². The lowest BCUT2D eigenvalue weighted by molar-refractivity contribution is -0.119. The van der Waals surface area contributed by atoms with E-state index in [1.165, 1.54) is 6.92 Å². The van der Waals surface area contributed by atoms with Crippen molar-refractivity contribution in [2.24, 2.45) is 0 Å². The molecule has 0 unspecified atom stereocenters. The van der Waals surface area contributed by atoms with Crippen LogP contribution in [-0.4, -0.2) is 19.3 Å². The Labute approximate surface area is 91.7 Å². The molecule has 0 saturated carbocycles. The first kappa shape index (κ1) is 12.1. The molecule has 0 spiro atoms. The van der Waals surface area contributed by atoms with Crippen LogP contribution < -0.4 is 10.3 Å². The summed E-state index contributed by atoms with van der Waals surface area (Å²) in [6.45, 7) is 4.54. The van der Waals surface area contributed by atoms with Crippen LogP contribution in [0.3, 0.4) is 0 Å². The van der Waals surface area contributed by atoms with E-state index < -0.39 is 15.9 Å². The molecule has 15 heavy (non-hydrogen) atoms. The van der Waals surface area contributed by atoms with E-state index in [0.717, 1.165) is 11.3 Å². The third-order valence-electron chi connectivity index (χ3n) is 1.47. The lowest BCUT2D eigenvalue weighted by atomic mass is 10.6. The van der Waals surface area contributed by atoms with Gasteiger partial charge < -0.3 is 0 Å². The fourth-order valence-electron chi connectivity index (χ4n) is 0.947. The van der Waals surface area contributed by atoms with Crippen molar-refractivity contribution in [3.8, 4) is 0 Å². The van der Waals surface area contributed by atoms with Crippen LogP contribution in [-0.2, 0) is 14.8 Å². The molecule has 1 heterocycles. The van der Waals surface area contributed by atoms with Gasteiger partial charge >= 0.3 is 0 Å². The Morgan fingerprint density at radius 3 is 2.40 bits per heavy atom. The van der Waals surface area contributed by atoms with E-state index in [1.54, 1.807) is 13.8 Å². The van der Waals surface area contributed by atoms with Gasteiger partial charge in [0.2, 0.25) is 5.91 Å². The van der Waals surface area contributed by atoms with Crippen LogP contribution in [0.5, 0.6) is 0 Å². The Kier molecular flexibility index (Phi) is 3.42. The molecule has 8 heteroatoms. The standard InChI is InChI=1S/C7H11N3O3S2/c1-4-7(14-6(3)8-4)15(12,13)10-9-5(2)11/h10H,1-3H3,(H,9,11). The van der Waals surface area contributed by atoms with Gasteiger partial charge in [0.05, 0.1) is 10.7 Å². The van der Waals surface area contributed by atoms with E-state index in [4.69, 9.17) is 0 Å². The number of hydrogen-bond acceptors (Lipinski definition) is 5. The van der Waals surface area contributed by atoms with Crippen molar-refractivity contribution in [2.45, 2.75) is 25.0 Å². The van der Waals surface area contributed by atoms with Crippen molar-refractivity contribution in [3.05, 3.63) is 10.7 Å². The predicted octanol–water partition coefficient (Wildman–Crippen LogP) is 0.0893. The molecule has 0 aromatic carbocycles. The summed E-state index contributed by atoms with van der Waals surface area (Å²) in [5.74, 6) is -0.475. The van der Waals surface area contributed by atoms with E-state index in [9.17, 15) is 13.2 Å². The summed E-state index contributed by atoms with van der Waals surface area (Å²) in [6, 6.07) is 0. The molecule has 0 fully saturated rings. The quantitative estimate of drug-likeness (QED) is 0.743. The highest BCUT2D eigenvalue weighted by molar-refractivity contribution is 7.91. The van der Waals surface area contributed by atoms with Crippen molar-refractivity contribution < 1.29 is 13.2 Å². The lowest BCUT2D eigenvalue weighted by Crippen LogP contribution is -2.40. The molecule has 1 amide bonds. The Morgan fingerprint density at radius 2 is 2.00 bits per heavy atom. The fraction of sp³-hybridized carbons (Fsp3) is 0.429. The van der Waals surface area contributed by atoms with Gasteiger partial charge in [-0.3, -0.25) is 10.2 Å². The van der Waals surface area contributed by atoms with Gasteiger partial charge in [-0.25, -0.2) is 13.4 Å². The first-order valence-electron chi connectivity index (χ1n) is 4.05. The maximum absolute atomic E-state index is 11.6. The minimum atomic E-state index is -3.69. The van der Waals surface area contributed by atoms with Gasteiger partial charge in [0.25, 0.3) is 10.0 Å². The van der Waals surface area contributed by atoms with Crippen LogP contribution in [0.25, 0.3) is 0 Å². The molecule has 1 aromatic heterocycles. The molecule has 0 radical (unpaired) electrons. The van der Waals surface area contributed by atoms with Crippen molar-refractivity contribution in [1.29, 1.82) is 0 Å². The Hall–Kier alpha value is -0.990. The van der Waals surface area contributed by atoms with Crippen LogP contribution in [0.4, 0.5) is 0 Å². The highest BCUT2D eigenvalue weighted by atomic mass is 32.2. The molecule has 1 aromatic rings. The van der Waals surface area contributed by atoms with E-state index in [1.807, 2.05) is 10.3 Å². The van der Waals surface area contributed by atoms with Gasteiger partial charge in [0.15, 0.2) is 4.21 Å². The van der Waals surface area contributed by atoms with Crippen LogP contribution in [0, 0.1) is 13.8 Å². The summed E-state index contributed by atoms with van der Waals surface area (Å²) in [6.07, 6.45) is 0. The van der Waals surface area contributed by atoms with Crippen molar-refractivity contribution >= 4 is 27.3 Å². The van der Waals surface area contributed by atoms with Gasteiger partial charge in [-0.1, -0.05) is 0 Å². The number of hydrogen-bond donors (Lipinski definition) is 2. The Balaban J connectivity index is 2.96. The number of thiazole rings is 1. The summed E-state index contributed by atoms with van der Waals surface area (Å²) >= 11 is 1.06. The Bertz CT molecular complexity index is 478. The zero-order valence-corrected chi connectivity index (χ0v) is 10.1. The van der Waals surface area contributed by atoms with Gasteiger partial charge in [-0.05, 0) is 13.8 Å². The molecule has 0 aliphatic carbocycles. The third kappa shape index (κ3) is 2.98. The minimum absolute atomic E-state index is 0.119. The average Bonchev–Trinajstić information content (AvgIpc) is 2.43. The largest absolute Gasteiger partial charge is 0.278 e. The van der Waals surface area contributed by atoms with Gasteiger partial charge in [0, 0.05) is 6.92 Å². The number of carbonyl (C=O) groups is 1. The summed E-state index contributed by atoms with van der Waals surface area (Å²) < 4.78 is 23.3. The zero-order valence-electron chi connectivity index (χ0n) is 8.49. The van der Waals surface area contributed by atoms with Crippen LogP contribution in [0.15, 0.2) is 4.21 Å². The predicted molar refractivity (Wildman–Crippen MR) is 55.7 cm³/mol. The van der Waals surface area contributed by atoms with Crippen LogP contribution in [0.2, 0.25) is 0 Å². The second kappa shape index (κ2) is 4.25. The van der Waals surface area contributed by atoms with Gasteiger partial charge in [-0.2, -0.15) is 0 Å². The average molecular weight is 249 g/mol. The van der Waals surface area contributed by atoms with Crippen molar-refractivity contribution in [2.75, 3.05) is 0 Å². The highest BCUT2D eigenvalue weighted by Crippen LogP contribution is 2.21. The lowest BCUT2D eigenvalue weighted by Gasteiger charge is -2.04. The summed E-state index contributed by atoms with van der Waals surface area (Å²) in [7, 11) is -3.69. The van der Waals surface area contributed by atoms with Crippen LogP contribution >= 0.6 is 11.3 Å². The monoisotopic (exact) mass is 249 g/mol. The van der Waals surface area contributed by atoms with E-state index >= 15 is 0 Å². The van der Waals surface area contributed by atoms with Gasteiger partial charge in [0.1, 0.15) is 0 Å². The molecule has 0 saturated heterocycles. The van der Waals surface area contributed by atoms with Gasteiger partial charge in [-0.15, -0.1) is 16.2 Å². The second-order valence-corrected chi connectivity index (χ2v) is 5.97. The molecule has 0 aliphatic rings. The smallest absolute Gasteiger partial charge is 0.268 e. The molecular formula is C7H11N3O3S2. The number of nitrogens with zero attached hydrogens (tertiary/aromatic N) is 1. The molecule has 6 nitrogen and oxygen atoms in total. The van der Waals surface area contributed by atoms with Crippen molar-refractivity contribution in [1.82, 2.24) is 15.2 Å². The summed E-state index contributed by atoms with van der Waals surface area (Å²) in [5, 5.41) is 0.663. The first-order chi connectivity index (χ1) is 6.83. The first-order valence-corrected chi connectivity index (χ1v) is 6.35. The normalized spacial score (nSPS) is 11.4. The maximum Gasteiger partial charge on any atom is 0.268 e. The molecule has 84 valence electrons. The zero-order chi connectivity index (χ0) is 11.6. The molecule has 0 bridgehead atoms. The van der Waals surface area contributed by atoms with Crippen LogP contribution in [0.1, 0.15) is 17.6 Å². The molecule has 2 N–H and O–H groups in total. The molecule has 0 aliphatic heterocycles. The topological polar surface area (TPSA) is 88.2 Å². The summed E-state index contributed by atoms with van der Waals surface area (Å²) in [4.78, 5) is 16.5. The number of aromatic nitrogens is 1. The minimum Gasteiger partial charge on any atom is -0.278 e. The number of amides is 1. The number of carbonyl (C=O) groups excluding carboxylic acids is 1. The number of nitrogens with one attached hydrogen (secondary N) is 2. The maximum atomic E-state index is 11.6. The number of hydrazine groups is 1. The Morgan fingerprint density at radius 1 is 1.40 bits per heavy atom. The third-order valence-corrected chi connectivity index (χ3v) is 4.40.